The van der Waals surface area contributed by atoms with E-state index in [1.165, 1.54) is 34.7 Å². The van der Waals surface area contributed by atoms with Gasteiger partial charge in [-0.05, 0) is 200 Å². The fourth-order valence-corrected chi connectivity index (χ4v) is 15.3. The third-order valence-electron chi connectivity index (χ3n) is 20.9. The first-order valence-corrected chi connectivity index (χ1v) is 44.5. The van der Waals surface area contributed by atoms with Crippen LogP contribution in [0.15, 0.2) is 196 Å². The highest BCUT2D eigenvalue weighted by Crippen LogP contribution is 2.29. The second-order valence-corrected chi connectivity index (χ2v) is 32.4. The molecule has 4 aromatic heterocycles. The number of carbonyl (C=O) groups is 4. The van der Waals surface area contributed by atoms with Crippen LogP contribution < -0.4 is 21.3 Å². The molecule has 127 heavy (non-hydrogen) atoms. The summed E-state index contributed by atoms with van der Waals surface area (Å²) in [6.45, 7) is 46.2. The lowest BCUT2D eigenvalue weighted by atomic mass is 10.1. The molecule has 4 heterocycles. The van der Waals surface area contributed by atoms with Crippen molar-refractivity contribution in [3.05, 3.63) is 298 Å². The zero-order valence-electron chi connectivity index (χ0n) is 75.7. The van der Waals surface area contributed by atoms with Gasteiger partial charge in [-0.2, -0.15) is 0 Å². The molecule has 0 aliphatic rings. The van der Waals surface area contributed by atoms with Gasteiger partial charge in [0.15, 0.2) is 0 Å². The summed E-state index contributed by atoms with van der Waals surface area (Å²) in [5.41, 5.74) is 12.5. The lowest BCUT2D eigenvalue weighted by Crippen LogP contribution is -2.35. The van der Waals surface area contributed by atoms with Crippen LogP contribution in [0.4, 0.5) is 26.3 Å². The summed E-state index contributed by atoms with van der Waals surface area (Å²) in [6.07, 6.45) is 10.7. The third kappa shape index (κ3) is 27.8. The van der Waals surface area contributed by atoms with Crippen molar-refractivity contribution >= 4 is 67.8 Å². The van der Waals surface area contributed by atoms with Crippen LogP contribution in [0.3, 0.4) is 0 Å². The Morgan fingerprint density at radius 3 is 0.945 bits per heavy atom. The average Bonchev–Trinajstić information content (AvgIpc) is 1.66. The summed E-state index contributed by atoms with van der Waals surface area (Å²) in [4.78, 5) is 78.6. The minimum Gasteiger partial charge on any atom is -0.331 e. The molecule has 0 aliphatic carbocycles. The Morgan fingerprint density at radius 1 is 0.354 bits per heavy atom. The third-order valence-corrected chi connectivity index (χ3v) is 20.9. The van der Waals surface area contributed by atoms with Gasteiger partial charge in [-0.15, -0.1) is 19.7 Å². The van der Waals surface area contributed by atoms with Crippen LogP contribution in [0.2, 0.25) is 0 Å². The number of carbonyl (C=O) groups excluding carboxylic acids is 4. The van der Waals surface area contributed by atoms with Gasteiger partial charge in [0.1, 0.15) is 58.2 Å². The highest BCUT2D eigenvalue weighted by Gasteiger charge is 2.28. The Bertz CT molecular complexity index is 5650. The SMILES string of the molecule is C=CCNCc1ccc2c(c1)nc(CN(CC(C)C)C(=O)c1cc(F)ccc1F)n2CCC.C=CCNCc1ccc2c(c1)nc(CN(CCC)C(=O)c1cc(F)ccc1F)n2CCC.C=CCNCc1ccc2c(c1)nc(CN(CCC)C(=O)c1cccc(F)c1)n2CCC.CCCn1c(CN(CC(C)C)C(=O)c2cccc(F)c2)nc2cc(CNCC)ccc21. The molecule has 12 aromatic rings. The predicted octanol–water partition coefficient (Wildman–Crippen LogP) is 20.3. The van der Waals surface area contributed by atoms with E-state index < -0.39 is 46.7 Å². The van der Waals surface area contributed by atoms with Gasteiger partial charge in [0.2, 0.25) is 0 Å². The number of aromatic nitrogens is 8. The summed E-state index contributed by atoms with van der Waals surface area (Å²) < 4.78 is 92.0. The Morgan fingerprint density at radius 2 is 0.646 bits per heavy atom. The van der Waals surface area contributed by atoms with Crippen LogP contribution in [-0.2, 0) is 78.5 Å². The quantitative estimate of drug-likeness (QED) is 0.0160. The molecule has 0 fully saturated rings. The van der Waals surface area contributed by atoms with Crippen LogP contribution in [0.25, 0.3) is 44.1 Å². The number of aryl methyl sites for hydroxylation is 4. The number of halogens is 6. The van der Waals surface area contributed by atoms with E-state index in [0.29, 0.717) is 69.9 Å². The number of rotatable bonds is 43. The van der Waals surface area contributed by atoms with Crippen LogP contribution in [0.5, 0.6) is 0 Å². The fourth-order valence-electron chi connectivity index (χ4n) is 15.3. The summed E-state index contributed by atoms with van der Waals surface area (Å²) in [5, 5.41) is 13.2. The summed E-state index contributed by atoms with van der Waals surface area (Å²) >= 11 is 0. The van der Waals surface area contributed by atoms with E-state index in [-0.39, 0.29) is 47.9 Å². The Balaban J connectivity index is 0.000000191. The van der Waals surface area contributed by atoms with Gasteiger partial charge < -0.3 is 59.1 Å². The summed E-state index contributed by atoms with van der Waals surface area (Å²) in [5.74, 6) is -1.34. The van der Waals surface area contributed by atoms with Crippen molar-refractivity contribution in [2.24, 2.45) is 11.8 Å². The van der Waals surface area contributed by atoms with Gasteiger partial charge in [-0.1, -0.05) is 131 Å². The van der Waals surface area contributed by atoms with E-state index in [9.17, 15) is 45.5 Å². The molecule has 20 nitrogen and oxygen atoms in total. The largest absolute Gasteiger partial charge is 0.331 e. The molecule has 12 rings (SSSR count). The molecule has 676 valence electrons. The normalized spacial score (nSPS) is 11.2. The van der Waals surface area contributed by atoms with Crippen molar-refractivity contribution in [3.63, 3.8) is 0 Å². The number of hydrogen-bond acceptors (Lipinski definition) is 12. The fraction of sp³-hybridized carbons (Fsp3) is 0.386. The maximum atomic E-state index is 14.3. The molecule has 8 aromatic carbocycles. The molecule has 0 radical (unpaired) electrons. The topological polar surface area (TPSA) is 201 Å². The van der Waals surface area contributed by atoms with Gasteiger partial charge in [-0.3, -0.25) is 19.2 Å². The zero-order valence-corrected chi connectivity index (χ0v) is 75.7. The van der Waals surface area contributed by atoms with Crippen molar-refractivity contribution < 1.29 is 45.5 Å². The van der Waals surface area contributed by atoms with Crippen molar-refractivity contribution in [1.82, 2.24) is 79.1 Å². The number of imidazole rings is 4. The monoisotopic (exact) mass is 1740 g/mol. The number of benzene rings is 8. The Kier molecular flexibility index (Phi) is 38.9. The van der Waals surface area contributed by atoms with Crippen molar-refractivity contribution in [1.29, 1.82) is 0 Å². The van der Waals surface area contributed by atoms with E-state index >= 15 is 0 Å². The summed E-state index contributed by atoms with van der Waals surface area (Å²) in [6, 6.07) is 42.7. The standard InChI is InChI=1S/C26H32F2N4O.C25H30F2N4O.C25H33FN4O.C25H31FN4O/c1-5-11-29-15-19-7-10-24-23(13-19)30-25(32(24)12-6-2)17-31(16-18(3)4)26(33)21-14-20(27)8-9-22(21)28;1-4-11-28-16-18-7-10-23-22(14-18)29-24(31(23)13-6-3)17-30(12-5-2)25(32)20-15-19(26)8-9-21(20)27;1-5-12-30-23-11-10-19(15-27-6-2)13-22(23)28-24(30)17-29(16-18(3)4)25(31)20-8-7-9-21(26)14-20;1-4-12-27-17-19-10-11-23-22(15-19)28-24(30(23)14-6-3)18-29(13-5-2)25(31)20-8-7-9-21(26)16-20/h5,7-10,13-14,18,29H,1,6,11-12,15-17H2,2-4H3;4,7-10,14-15,28H,1,5-6,11-13,16-17H2,2-3H3;7-11,13-14,18,27H,5-6,12,15-17H2,1-4H3;4,7-11,15-16,27H,1,5-6,12-14,17-18H2,2-3H3. The molecule has 4 N–H and O–H groups in total. The van der Waals surface area contributed by atoms with E-state index in [1.54, 1.807) is 39.0 Å². The number of nitrogens with one attached hydrogen (secondary N) is 4. The Hall–Kier alpha value is -11.8. The first kappa shape index (κ1) is 98.9. The van der Waals surface area contributed by atoms with Crippen LogP contribution in [0, 0.1) is 46.7 Å². The molecule has 0 saturated heterocycles. The molecular formula is C101H126F6N16O4. The number of nitrogens with zero attached hydrogens (tertiary/aromatic N) is 12. The lowest BCUT2D eigenvalue weighted by molar-refractivity contribution is 0.0706. The molecule has 0 spiro atoms. The number of hydrogen-bond donors (Lipinski definition) is 4. The molecule has 0 saturated carbocycles. The maximum Gasteiger partial charge on any atom is 0.257 e. The summed E-state index contributed by atoms with van der Waals surface area (Å²) in [7, 11) is 0. The van der Waals surface area contributed by atoms with Gasteiger partial charge in [0.25, 0.3) is 23.6 Å². The Labute approximate surface area is 744 Å². The maximum absolute atomic E-state index is 14.3. The highest BCUT2D eigenvalue weighted by atomic mass is 19.1. The van der Waals surface area contributed by atoms with Gasteiger partial charge in [-0.25, -0.2) is 46.3 Å². The molecular weight excluding hydrogens is 1620 g/mol. The highest BCUT2D eigenvalue weighted by molar-refractivity contribution is 5.96. The van der Waals surface area contributed by atoms with Gasteiger partial charge >= 0.3 is 0 Å². The molecule has 0 atom stereocenters. The molecule has 0 bridgehead atoms. The second-order valence-electron chi connectivity index (χ2n) is 32.4. The number of amides is 4. The van der Waals surface area contributed by atoms with Crippen LogP contribution >= 0.6 is 0 Å². The lowest BCUT2D eigenvalue weighted by Gasteiger charge is -2.25. The van der Waals surface area contributed by atoms with Crippen molar-refractivity contribution in [2.75, 3.05) is 52.4 Å². The number of fused-ring (bicyclic) bond motifs is 4. The van der Waals surface area contributed by atoms with Crippen molar-refractivity contribution in [3.8, 4) is 0 Å². The van der Waals surface area contributed by atoms with E-state index in [4.69, 9.17) is 19.9 Å². The molecule has 4 amide bonds. The first-order chi connectivity index (χ1) is 61.3. The van der Waals surface area contributed by atoms with E-state index in [2.05, 4.69) is 156 Å². The van der Waals surface area contributed by atoms with Crippen LogP contribution in [0.1, 0.15) is 202 Å². The molecule has 0 aliphatic heterocycles. The minimum absolute atomic E-state index is 0.150. The zero-order chi connectivity index (χ0) is 91.6. The molecule has 26 heteroatoms. The van der Waals surface area contributed by atoms with Gasteiger partial charge in [0.05, 0.1) is 81.4 Å². The van der Waals surface area contributed by atoms with E-state index in [1.807, 2.05) is 70.2 Å². The van der Waals surface area contributed by atoms with Crippen LogP contribution in [-0.4, -0.2) is 134 Å². The smallest absolute Gasteiger partial charge is 0.257 e. The second kappa shape index (κ2) is 49.9. The van der Waals surface area contributed by atoms with Gasteiger partial charge in [0, 0.05) is 109 Å². The van der Waals surface area contributed by atoms with E-state index in [0.717, 1.165) is 218 Å². The first-order valence-electron chi connectivity index (χ1n) is 44.5. The average molecular weight is 1740 g/mol. The molecule has 0 unspecified atom stereocenters. The minimum atomic E-state index is -0.728. The predicted molar refractivity (Wildman–Crippen MR) is 498 cm³/mol. The van der Waals surface area contributed by atoms with Crippen molar-refractivity contribution in [2.45, 2.75) is 193 Å².